The lowest BCUT2D eigenvalue weighted by atomic mass is 10.1. The second-order valence-electron chi connectivity index (χ2n) is 4.70. The van der Waals surface area contributed by atoms with Crippen LogP contribution in [0.25, 0.3) is 0 Å². The summed E-state index contributed by atoms with van der Waals surface area (Å²) in [6.07, 6.45) is 6.54. The molecule has 1 saturated heterocycles. The number of nitrogens with one attached hydrogen (secondary N) is 1. The zero-order chi connectivity index (χ0) is 13.2. The number of unbranched alkanes of at least 4 members (excludes halogenated alkanes) is 4. The number of carbonyl (C=O) groups excluding carboxylic acids is 1. The summed E-state index contributed by atoms with van der Waals surface area (Å²) in [4.78, 5) is 21.8. The van der Waals surface area contributed by atoms with E-state index in [2.05, 4.69) is 5.32 Å². The van der Waals surface area contributed by atoms with Gasteiger partial charge in [0.2, 0.25) is 5.91 Å². The van der Waals surface area contributed by atoms with Crippen LogP contribution in [0.4, 0.5) is 0 Å². The van der Waals surface area contributed by atoms with Crippen molar-refractivity contribution in [1.29, 1.82) is 0 Å². The minimum Gasteiger partial charge on any atom is -0.481 e. The van der Waals surface area contributed by atoms with Gasteiger partial charge < -0.3 is 15.2 Å². The third-order valence-electron chi connectivity index (χ3n) is 3.09. The van der Waals surface area contributed by atoms with Gasteiger partial charge in [0, 0.05) is 19.6 Å². The Hall–Kier alpha value is -1.10. The van der Waals surface area contributed by atoms with Crippen molar-refractivity contribution in [2.24, 2.45) is 0 Å². The Labute approximate surface area is 108 Å². The first-order valence-corrected chi connectivity index (χ1v) is 6.81. The van der Waals surface area contributed by atoms with Crippen molar-refractivity contribution in [3.63, 3.8) is 0 Å². The highest BCUT2D eigenvalue weighted by atomic mass is 16.5. The standard InChI is InChI=1S/C13H23NO4/c15-12(16)8-4-2-1-3-5-9-14-13(17)11-7-6-10-18-11/h11H,1-10H2,(H,14,17)(H,15,16). The highest BCUT2D eigenvalue weighted by Crippen LogP contribution is 2.11. The molecule has 1 atom stereocenters. The molecule has 1 amide bonds. The monoisotopic (exact) mass is 257 g/mol. The number of rotatable bonds is 9. The summed E-state index contributed by atoms with van der Waals surface area (Å²) in [6.45, 7) is 1.39. The Morgan fingerprint density at radius 2 is 1.89 bits per heavy atom. The lowest BCUT2D eigenvalue weighted by molar-refractivity contribution is -0.137. The summed E-state index contributed by atoms with van der Waals surface area (Å²) in [7, 11) is 0. The maximum absolute atomic E-state index is 11.6. The van der Waals surface area contributed by atoms with E-state index < -0.39 is 5.97 Å². The van der Waals surface area contributed by atoms with Crippen LogP contribution in [0, 0.1) is 0 Å². The van der Waals surface area contributed by atoms with Crippen LogP contribution in [0.3, 0.4) is 0 Å². The number of hydrogen-bond acceptors (Lipinski definition) is 3. The van der Waals surface area contributed by atoms with Crippen molar-refractivity contribution >= 4 is 11.9 Å². The Morgan fingerprint density at radius 1 is 1.17 bits per heavy atom. The van der Waals surface area contributed by atoms with E-state index >= 15 is 0 Å². The van der Waals surface area contributed by atoms with Crippen LogP contribution in [0.5, 0.6) is 0 Å². The number of aliphatic carboxylic acids is 1. The van der Waals surface area contributed by atoms with Crippen molar-refractivity contribution in [1.82, 2.24) is 5.32 Å². The molecule has 5 nitrogen and oxygen atoms in total. The number of carboxylic acids is 1. The highest BCUT2D eigenvalue weighted by molar-refractivity contribution is 5.80. The first-order chi connectivity index (χ1) is 8.70. The zero-order valence-corrected chi connectivity index (χ0v) is 10.8. The topological polar surface area (TPSA) is 75.6 Å². The van der Waals surface area contributed by atoms with Gasteiger partial charge in [0.25, 0.3) is 0 Å². The molecule has 2 N–H and O–H groups in total. The van der Waals surface area contributed by atoms with E-state index in [1.54, 1.807) is 0 Å². The van der Waals surface area contributed by atoms with E-state index in [1.807, 2.05) is 0 Å². The van der Waals surface area contributed by atoms with Gasteiger partial charge >= 0.3 is 5.97 Å². The van der Waals surface area contributed by atoms with E-state index in [0.717, 1.165) is 44.9 Å². The molecule has 0 radical (unpaired) electrons. The first kappa shape index (κ1) is 15.0. The summed E-state index contributed by atoms with van der Waals surface area (Å²) in [5.74, 6) is -0.711. The SMILES string of the molecule is O=C(O)CCCCCCCNC(=O)C1CCCO1. The van der Waals surface area contributed by atoms with Crippen molar-refractivity contribution in [3.8, 4) is 0 Å². The highest BCUT2D eigenvalue weighted by Gasteiger charge is 2.22. The van der Waals surface area contributed by atoms with Gasteiger partial charge in [-0.25, -0.2) is 0 Å². The third-order valence-corrected chi connectivity index (χ3v) is 3.09. The number of carboxylic acid groups (broad SMARTS) is 1. The Kier molecular flexibility index (Phi) is 7.41. The van der Waals surface area contributed by atoms with Gasteiger partial charge in [0.15, 0.2) is 0 Å². The van der Waals surface area contributed by atoms with Crippen molar-refractivity contribution < 1.29 is 19.4 Å². The summed E-state index contributed by atoms with van der Waals surface area (Å²) in [6, 6.07) is 0. The molecular weight excluding hydrogens is 234 g/mol. The molecular formula is C13H23NO4. The van der Waals surface area contributed by atoms with Gasteiger partial charge in [-0.1, -0.05) is 19.3 Å². The lowest BCUT2D eigenvalue weighted by Crippen LogP contribution is -2.34. The molecule has 1 fully saturated rings. The molecule has 1 unspecified atom stereocenters. The van der Waals surface area contributed by atoms with E-state index in [-0.39, 0.29) is 18.4 Å². The average Bonchev–Trinajstić information content (AvgIpc) is 2.85. The summed E-state index contributed by atoms with van der Waals surface area (Å²) in [5.41, 5.74) is 0. The maximum Gasteiger partial charge on any atom is 0.303 e. The average molecular weight is 257 g/mol. The number of ether oxygens (including phenoxy) is 1. The second-order valence-corrected chi connectivity index (χ2v) is 4.70. The Balaban J connectivity index is 1.86. The number of carbonyl (C=O) groups is 2. The molecule has 0 saturated carbocycles. The summed E-state index contributed by atoms with van der Waals surface area (Å²) in [5, 5.41) is 11.3. The molecule has 1 aliphatic heterocycles. The van der Waals surface area contributed by atoms with Crippen LogP contribution in [-0.4, -0.2) is 36.2 Å². The molecule has 0 aromatic rings. The second kappa shape index (κ2) is 8.91. The van der Waals surface area contributed by atoms with Gasteiger partial charge in [0.05, 0.1) is 0 Å². The number of amides is 1. The minimum absolute atomic E-state index is 0.0124. The molecule has 5 heteroatoms. The quantitative estimate of drug-likeness (QED) is 0.616. The Bertz CT molecular complexity index is 262. The Morgan fingerprint density at radius 3 is 2.56 bits per heavy atom. The largest absolute Gasteiger partial charge is 0.481 e. The molecule has 0 aliphatic carbocycles. The summed E-state index contributed by atoms with van der Waals surface area (Å²) < 4.78 is 5.28. The van der Waals surface area contributed by atoms with E-state index in [4.69, 9.17) is 9.84 Å². The van der Waals surface area contributed by atoms with E-state index in [9.17, 15) is 9.59 Å². The van der Waals surface area contributed by atoms with Crippen LogP contribution in [0.15, 0.2) is 0 Å². The zero-order valence-electron chi connectivity index (χ0n) is 10.8. The van der Waals surface area contributed by atoms with Crippen molar-refractivity contribution in [2.75, 3.05) is 13.2 Å². The normalized spacial score (nSPS) is 18.8. The number of hydrogen-bond donors (Lipinski definition) is 2. The molecule has 0 bridgehead atoms. The third kappa shape index (κ3) is 6.59. The van der Waals surface area contributed by atoms with Gasteiger partial charge in [-0.05, 0) is 25.7 Å². The molecule has 1 rings (SSSR count). The van der Waals surface area contributed by atoms with Crippen molar-refractivity contribution in [3.05, 3.63) is 0 Å². The van der Waals surface area contributed by atoms with E-state index in [0.29, 0.717) is 13.2 Å². The molecule has 18 heavy (non-hydrogen) atoms. The molecule has 0 spiro atoms. The fourth-order valence-electron chi connectivity index (χ4n) is 2.04. The molecule has 1 heterocycles. The fourth-order valence-corrected chi connectivity index (χ4v) is 2.04. The van der Waals surface area contributed by atoms with Gasteiger partial charge in [-0.15, -0.1) is 0 Å². The fraction of sp³-hybridized carbons (Fsp3) is 0.846. The van der Waals surface area contributed by atoms with Gasteiger partial charge in [0.1, 0.15) is 6.10 Å². The van der Waals surface area contributed by atoms with Crippen LogP contribution in [0.1, 0.15) is 51.4 Å². The minimum atomic E-state index is -0.723. The van der Waals surface area contributed by atoms with E-state index in [1.165, 1.54) is 0 Å². The molecule has 104 valence electrons. The predicted molar refractivity (Wildman–Crippen MR) is 67.3 cm³/mol. The van der Waals surface area contributed by atoms with Crippen LogP contribution >= 0.6 is 0 Å². The maximum atomic E-state index is 11.6. The van der Waals surface area contributed by atoms with Crippen LogP contribution in [0.2, 0.25) is 0 Å². The molecule has 0 aromatic carbocycles. The van der Waals surface area contributed by atoms with Crippen molar-refractivity contribution in [2.45, 2.75) is 57.5 Å². The van der Waals surface area contributed by atoms with Gasteiger partial charge in [-0.2, -0.15) is 0 Å². The van der Waals surface area contributed by atoms with Crippen LogP contribution in [-0.2, 0) is 14.3 Å². The van der Waals surface area contributed by atoms with Crippen LogP contribution < -0.4 is 5.32 Å². The smallest absolute Gasteiger partial charge is 0.303 e. The molecule has 1 aliphatic rings. The van der Waals surface area contributed by atoms with Gasteiger partial charge in [-0.3, -0.25) is 9.59 Å². The molecule has 0 aromatic heterocycles. The summed E-state index contributed by atoms with van der Waals surface area (Å²) >= 11 is 0. The first-order valence-electron chi connectivity index (χ1n) is 6.81. The lowest BCUT2D eigenvalue weighted by Gasteiger charge is -2.09. The predicted octanol–water partition coefficient (Wildman–Crippen LogP) is 1.71.